The van der Waals surface area contributed by atoms with Gasteiger partial charge in [-0.25, -0.2) is 0 Å². The molecule has 0 aromatic heterocycles. The summed E-state index contributed by atoms with van der Waals surface area (Å²) in [5.74, 6) is 0. The van der Waals surface area contributed by atoms with Gasteiger partial charge in [-0.1, -0.05) is 0 Å². The molecule has 0 atom stereocenters. The third kappa shape index (κ3) is 219. The minimum absolute atomic E-state index is 0.380. The molecule has 0 spiro atoms. The Balaban J connectivity index is -0.0000000787. The molecule has 0 rings (SSSR count). The number of hydrogen-bond acceptors (Lipinski definition) is 0. The zero-order valence-electron chi connectivity index (χ0n) is 7.57. The van der Waals surface area contributed by atoms with Crippen LogP contribution in [0.1, 0.15) is 0 Å². The summed E-state index contributed by atoms with van der Waals surface area (Å²) in [6, 6.07) is 0. The van der Waals surface area contributed by atoms with Gasteiger partial charge in [0.05, 0.1) is 0 Å². The van der Waals surface area contributed by atoms with E-state index in [1.165, 1.54) is 0 Å². The van der Waals surface area contributed by atoms with E-state index in [4.69, 9.17) is 0 Å². The van der Waals surface area contributed by atoms with Crippen molar-refractivity contribution in [3.8, 4) is 0 Å². The van der Waals surface area contributed by atoms with Gasteiger partial charge in [0.1, 0.15) is 0 Å². The first-order valence-electron chi connectivity index (χ1n) is 2.80. The number of hydrogen-bond donors (Lipinski definition) is 0. The van der Waals surface area contributed by atoms with Crippen LogP contribution in [0.25, 0.3) is 0 Å². The number of halogens is 1. The van der Waals surface area contributed by atoms with Crippen LogP contribution in [-0.2, 0) is 20.0 Å². The van der Waals surface area contributed by atoms with Crippen molar-refractivity contribution in [2.75, 3.05) is 40.0 Å². The van der Waals surface area contributed by atoms with Gasteiger partial charge < -0.3 is 0 Å². The summed E-state index contributed by atoms with van der Waals surface area (Å²) >= 11 is 1.75. The van der Waals surface area contributed by atoms with Gasteiger partial charge in [-0.2, -0.15) is 0 Å². The molecule has 0 nitrogen and oxygen atoms in total. The summed E-state index contributed by atoms with van der Waals surface area (Å²) < 4.78 is 0. The van der Waals surface area contributed by atoms with Crippen LogP contribution < -0.4 is 0 Å². The Kier molecular flexibility index (Phi) is 30.5. The summed E-state index contributed by atoms with van der Waals surface area (Å²) in [7, 11) is 5.34. The van der Waals surface area contributed by atoms with Gasteiger partial charge in [-0.3, -0.25) is 0 Å². The van der Waals surface area contributed by atoms with Gasteiger partial charge in [0.25, 0.3) is 0 Å². The van der Waals surface area contributed by atoms with Crippen molar-refractivity contribution < 1.29 is 20.0 Å². The van der Waals surface area contributed by atoms with E-state index in [1.54, 1.807) is 20.0 Å². The molecule has 0 saturated heterocycles. The molecule has 0 saturated carbocycles. The predicted octanol–water partition coefficient (Wildman–Crippen LogP) is 3.40. The van der Waals surface area contributed by atoms with Crippen molar-refractivity contribution in [1.29, 1.82) is 0 Å². The molecule has 10 heavy (non-hydrogen) atoms. The fourth-order valence-electron chi connectivity index (χ4n) is 0. The summed E-state index contributed by atoms with van der Waals surface area (Å²) in [6.07, 6.45) is 0. The topological polar surface area (TPSA) is 0 Å². The van der Waals surface area contributed by atoms with Crippen LogP contribution in [-0.4, -0.2) is 40.0 Å². The van der Waals surface area contributed by atoms with Crippen molar-refractivity contribution in [3.05, 3.63) is 0 Å². The van der Waals surface area contributed by atoms with Crippen molar-refractivity contribution in [3.63, 3.8) is 0 Å². The van der Waals surface area contributed by atoms with E-state index < -0.39 is 0 Å². The van der Waals surface area contributed by atoms with Crippen LogP contribution in [0, 0.1) is 0 Å². The zero-order valence-corrected chi connectivity index (χ0v) is 12.3. The van der Waals surface area contributed by atoms with Crippen molar-refractivity contribution >= 4 is 25.0 Å². The summed E-state index contributed by atoms with van der Waals surface area (Å²) in [5.41, 5.74) is 0. The third-order valence-corrected chi connectivity index (χ3v) is 0. The summed E-state index contributed by atoms with van der Waals surface area (Å²) in [5, 5.41) is 0. The fraction of sp³-hybridized carbons (Fsp3) is 1.00. The first kappa shape index (κ1) is 17.8. The molecule has 0 aromatic carbocycles. The molecule has 0 aliphatic rings. The van der Waals surface area contributed by atoms with E-state index in [0.717, 1.165) is 0 Å². The van der Waals surface area contributed by atoms with E-state index in [0.29, 0.717) is 15.8 Å². The minimum atomic E-state index is 0.380. The van der Waals surface area contributed by atoms with E-state index in [-0.39, 0.29) is 0 Å². The van der Waals surface area contributed by atoms with E-state index in [2.05, 4.69) is 49.2 Å². The predicted molar refractivity (Wildman–Crippen MR) is 55.2 cm³/mol. The summed E-state index contributed by atoms with van der Waals surface area (Å²) in [6.45, 7) is 13.4. The van der Waals surface area contributed by atoms with Crippen molar-refractivity contribution in [1.82, 2.24) is 0 Å². The van der Waals surface area contributed by atoms with E-state index in [9.17, 15) is 0 Å². The quantitative estimate of drug-likeness (QED) is 0.444. The van der Waals surface area contributed by atoms with Gasteiger partial charge in [0, 0.05) is 0 Å². The molecule has 0 amide bonds. The third-order valence-electron chi connectivity index (χ3n) is 0. The van der Waals surface area contributed by atoms with Gasteiger partial charge >= 0.3 is 29.2 Å². The second kappa shape index (κ2) is 17.1. The van der Waals surface area contributed by atoms with Crippen molar-refractivity contribution in [2.24, 2.45) is 0 Å². The Hall–Kier alpha value is 1.89. The first-order chi connectivity index (χ1) is 4.46. The van der Waals surface area contributed by atoms with Gasteiger partial charge in [0.15, 0.2) is 0 Å². The second-order valence-corrected chi connectivity index (χ2v) is 8.05. The maximum atomic E-state index is 4.58. The Labute approximate surface area is 84.7 Å². The average molecular weight is 385 g/mol. The molecule has 0 unspecified atom stereocenters. The molecule has 0 radical (unpaired) electrons. The normalized spacial score (nSPS) is 7.90. The molecule has 0 fully saturated rings. The molecule has 0 N–H and O–H groups in total. The molecular weight excluding hydrogens is 366 g/mol. The molecule has 0 aliphatic carbocycles. The molecule has 0 heterocycles. The van der Waals surface area contributed by atoms with E-state index in [1.807, 2.05) is 0 Å². The van der Waals surface area contributed by atoms with Crippen LogP contribution >= 0.6 is 25.0 Å². The Morgan fingerprint density at radius 3 is 0.700 bits per heavy atom. The standard InChI is InChI=1S/2C3H9P.Au.ClH/c2*1-4(2)3;;/h2*1-3H3;;1H/q;;+1;/p-1. The SMILES string of the molecule is CP(C)C.CP(C)C.[Cl][Au]. The van der Waals surface area contributed by atoms with Crippen LogP contribution in [0.15, 0.2) is 0 Å². The molecule has 4 heteroatoms. The average Bonchev–Trinajstić information content (AvgIpc) is 1.66. The molecule has 70 valence electrons. The first-order valence-corrected chi connectivity index (χ1v) is 10.8. The maximum absolute atomic E-state index is 4.58. The second-order valence-electron chi connectivity index (χ2n) is 2.68. The van der Waals surface area contributed by atoms with Gasteiger partial charge in [-0.15, -0.1) is 15.8 Å². The summed E-state index contributed by atoms with van der Waals surface area (Å²) in [4.78, 5) is 0. The van der Waals surface area contributed by atoms with Gasteiger partial charge in [0.2, 0.25) is 0 Å². The van der Waals surface area contributed by atoms with Crippen LogP contribution in [0.2, 0.25) is 0 Å². The Bertz CT molecular complexity index is 31.2. The molecule has 0 aromatic rings. The van der Waals surface area contributed by atoms with Crippen LogP contribution in [0.3, 0.4) is 0 Å². The monoisotopic (exact) mass is 384 g/mol. The fourth-order valence-corrected chi connectivity index (χ4v) is 0. The van der Waals surface area contributed by atoms with Crippen molar-refractivity contribution in [2.45, 2.75) is 0 Å². The molecule has 0 bridgehead atoms. The molecular formula is C6H18AuClP2. The van der Waals surface area contributed by atoms with Crippen LogP contribution in [0.5, 0.6) is 0 Å². The Morgan fingerprint density at radius 1 is 0.700 bits per heavy atom. The number of rotatable bonds is 0. The van der Waals surface area contributed by atoms with E-state index >= 15 is 0 Å². The zero-order chi connectivity index (χ0) is 9.15. The van der Waals surface area contributed by atoms with Gasteiger partial charge in [-0.05, 0) is 40.0 Å². The molecule has 0 aliphatic heterocycles. The van der Waals surface area contributed by atoms with Crippen LogP contribution in [0.4, 0.5) is 0 Å². The Morgan fingerprint density at radius 2 is 0.700 bits per heavy atom.